The molecular weight excluding hydrogens is 232 g/mol. The first-order valence-electron chi connectivity index (χ1n) is 6.81. The molecule has 1 rings (SSSR count). The average Bonchev–Trinajstić information content (AvgIpc) is 2.37. The molecule has 0 saturated carbocycles. The summed E-state index contributed by atoms with van der Waals surface area (Å²) in [5, 5.41) is 3.07. The van der Waals surface area contributed by atoms with Crippen LogP contribution in [0.4, 0.5) is 8.78 Å². The van der Waals surface area contributed by atoms with Crippen LogP contribution < -0.4 is 5.32 Å². The molecule has 0 saturated heterocycles. The molecule has 0 aliphatic rings. The summed E-state index contributed by atoms with van der Waals surface area (Å²) in [6.07, 6.45) is 6.73. The van der Waals surface area contributed by atoms with Gasteiger partial charge in [-0.15, -0.1) is 0 Å². The molecule has 0 amide bonds. The zero-order valence-electron chi connectivity index (χ0n) is 11.3. The minimum Gasteiger partial charge on any atom is -0.313 e. The van der Waals surface area contributed by atoms with Crippen LogP contribution in [-0.4, -0.2) is 7.05 Å². The molecule has 0 aliphatic carbocycles. The van der Waals surface area contributed by atoms with Crippen molar-refractivity contribution in [3.63, 3.8) is 0 Å². The van der Waals surface area contributed by atoms with E-state index in [1.165, 1.54) is 31.4 Å². The van der Waals surface area contributed by atoms with Crippen molar-refractivity contribution >= 4 is 0 Å². The van der Waals surface area contributed by atoms with E-state index in [2.05, 4.69) is 12.2 Å². The summed E-state index contributed by atoms with van der Waals surface area (Å²) in [6, 6.07) is 3.56. The maximum atomic E-state index is 13.6. The third kappa shape index (κ3) is 4.73. The molecule has 0 bridgehead atoms. The van der Waals surface area contributed by atoms with Gasteiger partial charge in [-0.05, 0) is 31.7 Å². The number of unbranched alkanes of at least 4 members (excludes halogenated alkanes) is 4. The van der Waals surface area contributed by atoms with Crippen LogP contribution in [0.15, 0.2) is 18.2 Å². The topological polar surface area (TPSA) is 12.0 Å². The van der Waals surface area contributed by atoms with Crippen molar-refractivity contribution in [3.05, 3.63) is 35.4 Å². The lowest BCUT2D eigenvalue weighted by Crippen LogP contribution is -2.18. The Balaban J connectivity index is 2.52. The molecule has 0 heterocycles. The maximum absolute atomic E-state index is 13.6. The summed E-state index contributed by atoms with van der Waals surface area (Å²) in [6.45, 7) is 2.18. The predicted molar refractivity (Wildman–Crippen MR) is 71.5 cm³/mol. The second-order valence-electron chi connectivity index (χ2n) is 4.71. The smallest absolute Gasteiger partial charge is 0.128 e. The first-order valence-corrected chi connectivity index (χ1v) is 6.81. The highest BCUT2D eigenvalue weighted by atomic mass is 19.1. The highest BCUT2D eigenvalue weighted by Gasteiger charge is 2.14. The number of halogens is 2. The molecule has 102 valence electrons. The van der Waals surface area contributed by atoms with E-state index in [9.17, 15) is 8.78 Å². The number of rotatable bonds is 8. The van der Waals surface area contributed by atoms with E-state index >= 15 is 0 Å². The van der Waals surface area contributed by atoms with Crippen LogP contribution in [0.5, 0.6) is 0 Å². The van der Waals surface area contributed by atoms with Crippen molar-refractivity contribution in [3.8, 4) is 0 Å². The Morgan fingerprint density at radius 2 is 1.83 bits per heavy atom. The van der Waals surface area contributed by atoms with Crippen LogP contribution in [0.25, 0.3) is 0 Å². The monoisotopic (exact) mass is 255 g/mol. The lowest BCUT2D eigenvalue weighted by molar-refractivity contribution is 0.473. The quantitative estimate of drug-likeness (QED) is 0.670. The largest absolute Gasteiger partial charge is 0.313 e. The second-order valence-corrected chi connectivity index (χ2v) is 4.71. The van der Waals surface area contributed by atoms with Gasteiger partial charge in [-0.3, -0.25) is 0 Å². The Morgan fingerprint density at radius 1 is 1.11 bits per heavy atom. The highest BCUT2D eigenvalue weighted by Crippen LogP contribution is 2.23. The van der Waals surface area contributed by atoms with Crippen LogP contribution in [-0.2, 0) is 0 Å². The fraction of sp³-hybridized carbons (Fsp3) is 0.600. The van der Waals surface area contributed by atoms with Gasteiger partial charge in [-0.25, -0.2) is 8.78 Å². The van der Waals surface area contributed by atoms with Gasteiger partial charge >= 0.3 is 0 Å². The summed E-state index contributed by atoms with van der Waals surface area (Å²) in [5.74, 6) is -0.707. The molecule has 3 heteroatoms. The standard InChI is InChI=1S/C15H23F2N/c1-3-4-5-6-7-8-15(18-2)13-11-12(16)9-10-14(13)17/h9-11,15,18H,3-8H2,1-2H3. The number of nitrogens with one attached hydrogen (secondary N) is 1. The summed E-state index contributed by atoms with van der Waals surface area (Å²) < 4.78 is 26.8. The Labute approximate surface area is 109 Å². The molecule has 1 aromatic carbocycles. The molecule has 0 fully saturated rings. The molecule has 0 radical (unpaired) electrons. The minimum absolute atomic E-state index is 0.0951. The first kappa shape index (κ1) is 15.1. The first-order chi connectivity index (χ1) is 8.69. The highest BCUT2D eigenvalue weighted by molar-refractivity contribution is 5.22. The number of hydrogen-bond acceptors (Lipinski definition) is 1. The third-order valence-electron chi connectivity index (χ3n) is 3.28. The lowest BCUT2D eigenvalue weighted by atomic mass is 9.99. The summed E-state index contributed by atoms with van der Waals surface area (Å²) in [7, 11) is 1.79. The van der Waals surface area contributed by atoms with Crippen LogP contribution >= 0.6 is 0 Å². The van der Waals surface area contributed by atoms with Gasteiger partial charge in [0.1, 0.15) is 11.6 Å². The van der Waals surface area contributed by atoms with E-state index in [0.29, 0.717) is 5.56 Å². The third-order valence-corrected chi connectivity index (χ3v) is 3.28. The Bertz CT molecular complexity index is 352. The van der Waals surface area contributed by atoms with Gasteiger partial charge in [0.25, 0.3) is 0 Å². The van der Waals surface area contributed by atoms with Crippen molar-refractivity contribution in [2.24, 2.45) is 0 Å². The molecule has 1 nitrogen and oxygen atoms in total. The fourth-order valence-corrected chi connectivity index (χ4v) is 2.19. The van der Waals surface area contributed by atoms with E-state index in [0.717, 1.165) is 25.3 Å². The molecule has 1 unspecified atom stereocenters. The maximum Gasteiger partial charge on any atom is 0.128 e. The molecule has 0 spiro atoms. The number of benzene rings is 1. The summed E-state index contributed by atoms with van der Waals surface area (Å²) in [4.78, 5) is 0. The minimum atomic E-state index is -0.377. The Morgan fingerprint density at radius 3 is 2.50 bits per heavy atom. The van der Waals surface area contributed by atoms with Crippen LogP contribution in [0.2, 0.25) is 0 Å². The SMILES string of the molecule is CCCCCCCC(NC)c1cc(F)ccc1F. The predicted octanol–water partition coefficient (Wildman–Crippen LogP) is 4.59. The van der Waals surface area contributed by atoms with E-state index < -0.39 is 0 Å². The normalized spacial score (nSPS) is 12.7. The van der Waals surface area contributed by atoms with Crippen molar-refractivity contribution in [2.75, 3.05) is 7.05 Å². The van der Waals surface area contributed by atoms with E-state index in [-0.39, 0.29) is 17.7 Å². The molecule has 1 N–H and O–H groups in total. The number of hydrogen-bond donors (Lipinski definition) is 1. The zero-order chi connectivity index (χ0) is 13.4. The van der Waals surface area contributed by atoms with Gasteiger partial charge < -0.3 is 5.32 Å². The van der Waals surface area contributed by atoms with Gasteiger partial charge in [0.15, 0.2) is 0 Å². The Hall–Kier alpha value is -0.960. The van der Waals surface area contributed by atoms with Gasteiger partial charge in [0.05, 0.1) is 0 Å². The van der Waals surface area contributed by atoms with Crippen LogP contribution in [0, 0.1) is 11.6 Å². The average molecular weight is 255 g/mol. The van der Waals surface area contributed by atoms with Crippen LogP contribution in [0.1, 0.15) is 57.1 Å². The summed E-state index contributed by atoms with van der Waals surface area (Å²) >= 11 is 0. The van der Waals surface area contributed by atoms with Crippen LogP contribution in [0.3, 0.4) is 0 Å². The van der Waals surface area contributed by atoms with Crippen molar-refractivity contribution < 1.29 is 8.78 Å². The van der Waals surface area contributed by atoms with Crippen molar-refractivity contribution in [1.82, 2.24) is 5.32 Å². The van der Waals surface area contributed by atoms with Gasteiger partial charge in [0.2, 0.25) is 0 Å². The van der Waals surface area contributed by atoms with Gasteiger partial charge in [-0.2, -0.15) is 0 Å². The summed E-state index contributed by atoms with van der Waals surface area (Å²) in [5.41, 5.74) is 0.438. The lowest BCUT2D eigenvalue weighted by Gasteiger charge is -2.17. The van der Waals surface area contributed by atoms with E-state index in [1.807, 2.05) is 0 Å². The molecule has 0 aromatic heterocycles. The van der Waals surface area contributed by atoms with Gasteiger partial charge in [0, 0.05) is 11.6 Å². The van der Waals surface area contributed by atoms with Gasteiger partial charge in [-0.1, -0.05) is 39.0 Å². The second kappa shape index (κ2) is 8.20. The molecular formula is C15H23F2N. The Kier molecular flexibility index (Phi) is 6.88. The zero-order valence-corrected chi connectivity index (χ0v) is 11.3. The molecule has 1 aromatic rings. The van der Waals surface area contributed by atoms with Crippen molar-refractivity contribution in [2.45, 2.75) is 51.5 Å². The molecule has 1 atom stereocenters. The van der Waals surface area contributed by atoms with E-state index in [1.54, 1.807) is 7.05 Å². The van der Waals surface area contributed by atoms with Crippen molar-refractivity contribution in [1.29, 1.82) is 0 Å². The van der Waals surface area contributed by atoms with E-state index in [4.69, 9.17) is 0 Å². The fourth-order valence-electron chi connectivity index (χ4n) is 2.19. The molecule has 0 aliphatic heterocycles. The molecule has 18 heavy (non-hydrogen) atoms.